The van der Waals surface area contributed by atoms with E-state index in [1.807, 2.05) is 11.0 Å². The molecule has 0 radical (unpaired) electrons. The van der Waals surface area contributed by atoms with Crippen LogP contribution in [0, 0.1) is 5.82 Å². The summed E-state index contributed by atoms with van der Waals surface area (Å²) in [6.07, 6.45) is 0.873. The third-order valence-electron chi connectivity index (χ3n) is 6.65. The van der Waals surface area contributed by atoms with Crippen LogP contribution in [0.4, 0.5) is 4.39 Å². The van der Waals surface area contributed by atoms with Crippen molar-refractivity contribution in [3.63, 3.8) is 0 Å². The van der Waals surface area contributed by atoms with Crippen molar-refractivity contribution in [1.82, 2.24) is 14.7 Å². The number of rotatable bonds is 4. The third kappa shape index (κ3) is 5.09. The first-order valence-electron chi connectivity index (χ1n) is 11.5. The molecular formula is C26H24Cl2FN3O2S. The molecule has 1 fully saturated rings. The monoisotopic (exact) mass is 531 g/mol. The molecule has 0 bridgehead atoms. The third-order valence-corrected chi connectivity index (χ3v) is 8.39. The first kappa shape index (κ1) is 24.3. The van der Waals surface area contributed by atoms with E-state index in [0.29, 0.717) is 41.8 Å². The van der Waals surface area contributed by atoms with E-state index in [9.17, 15) is 14.0 Å². The van der Waals surface area contributed by atoms with Gasteiger partial charge in [0.2, 0.25) is 5.91 Å². The molecule has 3 aromatic rings. The molecule has 2 aliphatic heterocycles. The molecule has 5 nitrogen and oxygen atoms in total. The molecule has 5 rings (SSSR count). The van der Waals surface area contributed by atoms with E-state index in [1.165, 1.54) is 10.9 Å². The smallest absolute Gasteiger partial charge is 0.254 e. The molecule has 35 heavy (non-hydrogen) atoms. The Hall–Kier alpha value is -2.45. The van der Waals surface area contributed by atoms with Gasteiger partial charge in [-0.15, -0.1) is 11.3 Å². The second-order valence-electron chi connectivity index (χ2n) is 8.78. The van der Waals surface area contributed by atoms with Crippen molar-refractivity contribution in [2.75, 3.05) is 39.3 Å². The van der Waals surface area contributed by atoms with Gasteiger partial charge in [0, 0.05) is 43.2 Å². The Bertz CT molecular complexity index is 1260. The number of nitrogens with zero attached hydrogens (tertiary/aromatic N) is 3. The second-order valence-corrected chi connectivity index (χ2v) is 10.6. The number of fused-ring (bicyclic) bond motifs is 1. The average Bonchev–Trinajstić information content (AvgIpc) is 3.34. The fourth-order valence-corrected chi connectivity index (χ4v) is 6.05. The Kier molecular flexibility index (Phi) is 7.12. The van der Waals surface area contributed by atoms with Gasteiger partial charge in [0.1, 0.15) is 5.82 Å². The van der Waals surface area contributed by atoms with Crippen LogP contribution in [0.15, 0.2) is 53.9 Å². The van der Waals surface area contributed by atoms with Gasteiger partial charge in [0.15, 0.2) is 0 Å². The predicted octanol–water partition coefficient (Wildman–Crippen LogP) is 5.13. The molecule has 1 aromatic heterocycles. The molecular weight excluding hydrogens is 508 g/mol. The van der Waals surface area contributed by atoms with E-state index < -0.39 is 0 Å². The number of carbonyl (C=O) groups is 2. The van der Waals surface area contributed by atoms with Crippen LogP contribution >= 0.6 is 34.5 Å². The molecule has 9 heteroatoms. The highest BCUT2D eigenvalue weighted by Gasteiger charge is 2.33. The van der Waals surface area contributed by atoms with Crippen LogP contribution in [0.5, 0.6) is 0 Å². The van der Waals surface area contributed by atoms with E-state index in [0.717, 1.165) is 24.1 Å². The number of thiophene rings is 1. The number of hydrogen-bond acceptors (Lipinski definition) is 4. The summed E-state index contributed by atoms with van der Waals surface area (Å²) in [6, 6.07) is 13.4. The maximum atomic E-state index is 14.0. The Morgan fingerprint density at radius 1 is 0.943 bits per heavy atom. The van der Waals surface area contributed by atoms with Gasteiger partial charge in [0.05, 0.1) is 22.6 Å². The first-order valence-corrected chi connectivity index (χ1v) is 13.1. The minimum Gasteiger partial charge on any atom is -0.338 e. The van der Waals surface area contributed by atoms with Gasteiger partial charge in [0.25, 0.3) is 5.91 Å². The zero-order chi connectivity index (χ0) is 24.5. The number of hydrogen-bond donors (Lipinski definition) is 0. The van der Waals surface area contributed by atoms with Crippen LogP contribution in [0.25, 0.3) is 0 Å². The number of carbonyl (C=O) groups excluding carboxylic acids is 2. The van der Waals surface area contributed by atoms with Gasteiger partial charge < -0.3 is 9.80 Å². The van der Waals surface area contributed by atoms with Gasteiger partial charge in [-0.05, 0) is 59.3 Å². The number of benzene rings is 2. The molecule has 0 aliphatic carbocycles. The lowest BCUT2D eigenvalue weighted by atomic mass is 9.93. The molecule has 2 amide bonds. The molecule has 0 N–H and O–H groups in total. The summed E-state index contributed by atoms with van der Waals surface area (Å²) in [5.41, 5.74) is 2.49. The average molecular weight is 532 g/mol. The highest BCUT2D eigenvalue weighted by Crippen LogP contribution is 2.37. The van der Waals surface area contributed by atoms with Gasteiger partial charge in [-0.2, -0.15) is 0 Å². The number of amides is 2. The van der Waals surface area contributed by atoms with Crippen molar-refractivity contribution in [1.29, 1.82) is 0 Å². The van der Waals surface area contributed by atoms with E-state index in [4.69, 9.17) is 23.2 Å². The highest BCUT2D eigenvalue weighted by molar-refractivity contribution is 7.10. The van der Waals surface area contributed by atoms with E-state index >= 15 is 0 Å². The summed E-state index contributed by atoms with van der Waals surface area (Å²) in [5.74, 6) is -0.381. The molecule has 0 saturated carbocycles. The van der Waals surface area contributed by atoms with Crippen molar-refractivity contribution in [2.45, 2.75) is 12.5 Å². The summed E-state index contributed by atoms with van der Waals surface area (Å²) in [6.45, 7) is 2.81. The largest absolute Gasteiger partial charge is 0.338 e. The second kappa shape index (κ2) is 10.3. The van der Waals surface area contributed by atoms with Crippen LogP contribution < -0.4 is 0 Å². The first-order chi connectivity index (χ1) is 16.9. The van der Waals surface area contributed by atoms with Crippen LogP contribution in [0.3, 0.4) is 0 Å². The van der Waals surface area contributed by atoms with Crippen molar-refractivity contribution < 1.29 is 14.0 Å². The maximum absolute atomic E-state index is 14.0. The minimum atomic E-state index is -0.279. The summed E-state index contributed by atoms with van der Waals surface area (Å²) >= 11 is 13.7. The molecule has 2 aliphatic rings. The Morgan fingerprint density at radius 3 is 2.46 bits per heavy atom. The molecule has 0 spiro atoms. The SMILES string of the molecule is O=C(CN1CCc2sccc2C1c1cccc(F)c1)N1CCN(C(=O)c2ccc(Cl)c(Cl)c2)CC1. The topological polar surface area (TPSA) is 43.9 Å². The van der Waals surface area contributed by atoms with Gasteiger partial charge in [-0.1, -0.05) is 35.3 Å². The summed E-state index contributed by atoms with van der Waals surface area (Å²) < 4.78 is 14.0. The zero-order valence-corrected chi connectivity index (χ0v) is 21.3. The lowest BCUT2D eigenvalue weighted by Crippen LogP contribution is -2.53. The summed E-state index contributed by atoms with van der Waals surface area (Å²) in [4.78, 5) is 33.1. The van der Waals surface area contributed by atoms with E-state index in [2.05, 4.69) is 16.3 Å². The molecule has 3 heterocycles. The molecule has 182 valence electrons. The lowest BCUT2D eigenvalue weighted by Gasteiger charge is -2.39. The Balaban J connectivity index is 1.25. The predicted molar refractivity (Wildman–Crippen MR) is 137 cm³/mol. The van der Waals surface area contributed by atoms with Gasteiger partial charge >= 0.3 is 0 Å². The summed E-state index contributed by atoms with van der Waals surface area (Å²) in [7, 11) is 0. The van der Waals surface area contributed by atoms with Crippen LogP contribution in [-0.2, 0) is 11.2 Å². The van der Waals surface area contributed by atoms with E-state index in [1.54, 1.807) is 46.6 Å². The van der Waals surface area contributed by atoms with Crippen LogP contribution in [0.1, 0.15) is 32.4 Å². The number of piperazine rings is 1. The lowest BCUT2D eigenvalue weighted by molar-refractivity contribution is -0.134. The molecule has 2 aromatic carbocycles. The van der Waals surface area contributed by atoms with Crippen molar-refractivity contribution in [2.24, 2.45) is 0 Å². The zero-order valence-electron chi connectivity index (χ0n) is 18.9. The normalized spacial score (nSPS) is 18.4. The standard InChI is InChI=1S/C26H24Cl2FN3O2S/c27-21-5-4-18(15-22(21)28)26(34)31-11-9-30(10-12-31)24(33)16-32-8-6-23-20(7-13-35-23)25(32)17-2-1-3-19(29)14-17/h1-5,7,13-15,25H,6,8-12,16H2. The van der Waals surface area contributed by atoms with Crippen LogP contribution in [-0.4, -0.2) is 65.8 Å². The fraction of sp³-hybridized carbons (Fsp3) is 0.308. The number of halogens is 3. The fourth-order valence-electron chi connectivity index (χ4n) is 4.85. The molecule has 1 saturated heterocycles. The highest BCUT2D eigenvalue weighted by atomic mass is 35.5. The Morgan fingerprint density at radius 2 is 1.71 bits per heavy atom. The van der Waals surface area contributed by atoms with Gasteiger partial charge in [-0.3, -0.25) is 14.5 Å². The molecule has 1 atom stereocenters. The molecule has 1 unspecified atom stereocenters. The van der Waals surface area contributed by atoms with E-state index in [-0.39, 0.29) is 30.2 Å². The quantitative estimate of drug-likeness (QED) is 0.468. The summed E-state index contributed by atoms with van der Waals surface area (Å²) in [5, 5.41) is 2.81. The minimum absolute atomic E-state index is 0.0201. The van der Waals surface area contributed by atoms with Crippen LogP contribution in [0.2, 0.25) is 10.0 Å². The van der Waals surface area contributed by atoms with Crippen molar-refractivity contribution in [3.8, 4) is 0 Å². The maximum Gasteiger partial charge on any atom is 0.254 e. The Labute approximate surface area is 217 Å². The van der Waals surface area contributed by atoms with Gasteiger partial charge in [-0.25, -0.2) is 4.39 Å². The van der Waals surface area contributed by atoms with Crippen molar-refractivity contribution >= 4 is 46.4 Å². The van der Waals surface area contributed by atoms with Crippen molar-refractivity contribution in [3.05, 3.63) is 91.3 Å².